The van der Waals surface area contributed by atoms with Gasteiger partial charge in [-0.2, -0.15) is 5.10 Å². The number of amides is 1. The van der Waals surface area contributed by atoms with Crippen molar-refractivity contribution < 1.29 is 9.18 Å². The number of nitrogens with zero attached hydrogens (tertiary/aromatic N) is 3. The van der Waals surface area contributed by atoms with Crippen LogP contribution in [0.5, 0.6) is 0 Å². The number of hydrogen-bond acceptors (Lipinski definition) is 3. The molecule has 126 valence electrons. The maximum absolute atomic E-state index is 12.8. The summed E-state index contributed by atoms with van der Waals surface area (Å²) in [6.45, 7) is 3.16. The number of alkyl halides is 1. The second-order valence-electron chi connectivity index (χ2n) is 7.26. The zero-order chi connectivity index (χ0) is 15.8. The monoisotopic (exact) mass is 320 g/mol. The third kappa shape index (κ3) is 2.89. The Balaban J connectivity index is 1.32. The molecule has 4 rings (SSSR count). The molecule has 0 radical (unpaired) electrons. The average Bonchev–Trinajstić information content (AvgIpc) is 3.25. The van der Waals surface area contributed by atoms with Gasteiger partial charge in [0.2, 0.25) is 5.91 Å². The molecule has 5 nitrogen and oxygen atoms in total. The minimum Gasteiger partial charge on any atom is -0.339 e. The van der Waals surface area contributed by atoms with Gasteiger partial charge in [0.1, 0.15) is 0 Å². The summed E-state index contributed by atoms with van der Waals surface area (Å²) in [4.78, 5) is 16.4. The van der Waals surface area contributed by atoms with E-state index in [4.69, 9.17) is 0 Å². The third-order valence-electron chi connectivity index (χ3n) is 5.72. The lowest BCUT2D eigenvalue weighted by molar-refractivity contribution is -0.130. The molecule has 0 bridgehead atoms. The average molecular weight is 320 g/mol. The molecule has 0 saturated carbocycles. The van der Waals surface area contributed by atoms with Crippen molar-refractivity contribution in [3.05, 3.63) is 17.0 Å². The van der Waals surface area contributed by atoms with Crippen molar-refractivity contribution in [2.24, 2.45) is 5.92 Å². The smallest absolute Gasteiger partial charge is 0.223 e. The largest absolute Gasteiger partial charge is 0.339 e. The summed E-state index contributed by atoms with van der Waals surface area (Å²) < 4.78 is 12.8. The van der Waals surface area contributed by atoms with E-state index in [0.717, 1.165) is 45.3 Å². The summed E-state index contributed by atoms with van der Waals surface area (Å²) >= 11 is 0. The number of fused-ring (bicyclic) bond motifs is 1. The summed E-state index contributed by atoms with van der Waals surface area (Å²) in [6, 6.07) is 0.306. The van der Waals surface area contributed by atoms with Crippen LogP contribution >= 0.6 is 0 Å². The minimum atomic E-state index is -0.370. The van der Waals surface area contributed by atoms with Crippen LogP contribution in [-0.4, -0.2) is 58.3 Å². The van der Waals surface area contributed by atoms with Crippen molar-refractivity contribution in [1.29, 1.82) is 0 Å². The number of rotatable bonds is 4. The van der Waals surface area contributed by atoms with Crippen molar-refractivity contribution in [1.82, 2.24) is 20.0 Å². The summed E-state index contributed by atoms with van der Waals surface area (Å²) in [6.07, 6.45) is 5.93. The molecule has 2 fully saturated rings. The van der Waals surface area contributed by atoms with Gasteiger partial charge in [-0.25, -0.2) is 0 Å². The Morgan fingerprint density at radius 3 is 2.83 bits per heavy atom. The van der Waals surface area contributed by atoms with Crippen LogP contribution in [0, 0.1) is 5.92 Å². The molecule has 1 unspecified atom stereocenters. The number of halogens is 1. The number of H-pyrrole nitrogens is 1. The van der Waals surface area contributed by atoms with Gasteiger partial charge in [-0.05, 0) is 37.7 Å². The Kier molecular flexibility index (Phi) is 4.09. The first kappa shape index (κ1) is 15.1. The molecule has 23 heavy (non-hydrogen) atoms. The van der Waals surface area contributed by atoms with E-state index in [0.29, 0.717) is 19.0 Å². The highest BCUT2D eigenvalue weighted by atomic mass is 19.1. The van der Waals surface area contributed by atoms with Crippen molar-refractivity contribution in [2.45, 2.75) is 51.1 Å². The molecule has 2 aliphatic heterocycles. The van der Waals surface area contributed by atoms with Crippen LogP contribution in [0.3, 0.4) is 0 Å². The Morgan fingerprint density at radius 2 is 2.09 bits per heavy atom. The molecule has 1 amide bonds. The molecule has 0 aromatic carbocycles. The number of likely N-dealkylation sites (tertiary alicyclic amines) is 2. The normalized spacial score (nSPS) is 26.2. The molecule has 1 aromatic rings. The molecule has 3 aliphatic rings. The number of carbonyl (C=O) groups is 1. The van der Waals surface area contributed by atoms with Crippen molar-refractivity contribution in [2.75, 3.05) is 26.3 Å². The number of hydrogen-bond donors (Lipinski definition) is 1. The van der Waals surface area contributed by atoms with Crippen LogP contribution in [0.4, 0.5) is 4.39 Å². The second kappa shape index (κ2) is 6.23. The molecular formula is C17H25FN4O. The zero-order valence-corrected chi connectivity index (χ0v) is 13.6. The number of aryl methyl sites for hydroxylation is 1. The highest BCUT2D eigenvalue weighted by molar-refractivity contribution is 5.79. The van der Waals surface area contributed by atoms with E-state index in [1.54, 1.807) is 0 Å². The van der Waals surface area contributed by atoms with E-state index in [-0.39, 0.29) is 18.5 Å². The molecule has 6 heteroatoms. The highest BCUT2D eigenvalue weighted by Gasteiger charge is 2.35. The minimum absolute atomic E-state index is 0.0767. The lowest BCUT2D eigenvalue weighted by atomic mass is 10.0. The van der Waals surface area contributed by atoms with Crippen LogP contribution in [0.1, 0.15) is 42.6 Å². The van der Waals surface area contributed by atoms with Gasteiger partial charge in [0.25, 0.3) is 0 Å². The summed E-state index contributed by atoms with van der Waals surface area (Å²) in [7, 11) is 0. The molecule has 1 N–H and O–H groups in total. The first-order valence-corrected chi connectivity index (χ1v) is 8.87. The van der Waals surface area contributed by atoms with Crippen LogP contribution < -0.4 is 0 Å². The molecule has 1 aliphatic carbocycles. The predicted molar refractivity (Wildman–Crippen MR) is 84.7 cm³/mol. The van der Waals surface area contributed by atoms with Crippen LogP contribution in [0.25, 0.3) is 0 Å². The van der Waals surface area contributed by atoms with E-state index in [2.05, 4.69) is 15.1 Å². The Hall–Kier alpha value is -1.43. The quantitative estimate of drug-likeness (QED) is 0.918. The summed E-state index contributed by atoms with van der Waals surface area (Å²) in [5.41, 5.74) is 3.98. The first-order chi connectivity index (χ1) is 11.2. The third-order valence-corrected chi connectivity index (χ3v) is 5.72. The van der Waals surface area contributed by atoms with Gasteiger partial charge in [-0.1, -0.05) is 0 Å². The lowest BCUT2D eigenvalue weighted by Crippen LogP contribution is -2.45. The SMILES string of the molecule is O=C1CC(CF)CN1C1CCN(Cc2n[nH]c3c2CCC3)CC1. The Bertz CT molecular complexity index is 579. The fourth-order valence-corrected chi connectivity index (χ4v) is 4.38. The molecule has 0 spiro atoms. The number of aromatic amines is 1. The van der Waals surface area contributed by atoms with Crippen molar-refractivity contribution in [3.8, 4) is 0 Å². The molecular weight excluding hydrogens is 295 g/mol. The molecule has 2 saturated heterocycles. The Labute approximate surface area is 136 Å². The second-order valence-corrected chi connectivity index (χ2v) is 7.26. The van der Waals surface area contributed by atoms with Gasteiger partial charge in [0, 0.05) is 50.3 Å². The van der Waals surface area contributed by atoms with Gasteiger partial charge in [-0.15, -0.1) is 0 Å². The van der Waals surface area contributed by atoms with Crippen LogP contribution in [0.15, 0.2) is 0 Å². The number of carbonyl (C=O) groups excluding carboxylic acids is 1. The summed E-state index contributed by atoms with van der Waals surface area (Å²) in [5.74, 6) is 0.0726. The number of nitrogens with one attached hydrogen (secondary N) is 1. The maximum atomic E-state index is 12.8. The van der Waals surface area contributed by atoms with Gasteiger partial charge in [0.05, 0.1) is 12.4 Å². The molecule has 1 aromatic heterocycles. The summed E-state index contributed by atoms with van der Waals surface area (Å²) in [5, 5.41) is 7.67. The van der Waals surface area contributed by atoms with Gasteiger partial charge in [0.15, 0.2) is 0 Å². The first-order valence-electron chi connectivity index (χ1n) is 8.87. The highest BCUT2D eigenvalue weighted by Crippen LogP contribution is 2.28. The zero-order valence-electron chi connectivity index (χ0n) is 13.6. The van der Waals surface area contributed by atoms with Crippen molar-refractivity contribution >= 4 is 5.91 Å². The van der Waals surface area contributed by atoms with Gasteiger partial charge in [-0.3, -0.25) is 19.2 Å². The van der Waals surface area contributed by atoms with Crippen molar-refractivity contribution in [3.63, 3.8) is 0 Å². The molecule has 3 heterocycles. The van der Waals surface area contributed by atoms with Crippen LogP contribution in [-0.2, 0) is 24.2 Å². The number of aromatic nitrogens is 2. The topological polar surface area (TPSA) is 52.2 Å². The maximum Gasteiger partial charge on any atom is 0.223 e. The van der Waals surface area contributed by atoms with E-state index in [9.17, 15) is 9.18 Å². The fourth-order valence-electron chi connectivity index (χ4n) is 4.38. The van der Waals surface area contributed by atoms with Gasteiger partial charge >= 0.3 is 0 Å². The van der Waals surface area contributed by atoms with Gasteiger partial charge < -0.3 is 4.90 Å². The molecule has 1 atom stereocenters. The predicted octanol–water partition coefficient (Wildman–Crippen LogP) is 1.68. The van der Waals surface area contributed by atoms with E-state index in [1.165, 1.54) is 23.4 Å². The van der Waals surface area contributed by atoms with E-state index >= 15 is 0 Å². The van der Waals surface area contributed by atoms with Crippen LogP contribution in [0.2, 0.25) is 0 Å². The lowest BCUT2D eigenvalue weighted by Gasteiger charge is -2.36. The van der Waals surface area contributed by atoms with E-state index in [1.807, 2.05) is 4.90 Å². The Morgan fingerprint density at radius 1 is 1.26 bits per heavy atom. The number of piperidine rings is 1. The standard InChI is InChI=1S/C17H25FN4O/c18-9-12-8-17(23)22(10-12)13-4-6-21(7-5-13)11-16-14-2-1-3-15(14)19-20-16/h12-13H,1-11H2,(H,19,20). The van der Waals surface area contributed by atoms with E-state index < -0.39 is 0 Å². The fraction of sp³-hybridized carbons (Fsp3) is 0.765.